The van der Waals surface area contributed by atoms with E-state index < -0.39 is 0 Å². The Balaban J connectivity index is 2.15. The molecule has 0 saturated heterocycles. The first-order valence-corrected chi connectivity index (χ1v) is 7.55. The first kappa shape index (κ1) is 15.3. The van der Waals surface area contributed by atoms with Crippen LogP contribution in [-0.4, -0.2) is 9.78 Å². The number of benzene rings is 1. The van der Waals surface area contributed by atoms with Crippen molar-refractivity contribution in [3.05, 3.63) is 61.0 Å². The zero-order valence-electron chi connectivity index (χ0n) is 13.2. The smallest absolute Gasteiger partial charge is 0.0572 e. The molecular weight excluding hydrogens is 256 g/mol. The monoisotopic (exact) mass is 280 g/mol. The molecule has 1 heterocycles. The Kier molecular flexibility index (Phi) is 5.15. The van der Waals surface area contributed by atoms with Crippen molar-refractivity contribution in [2.75, 3.05) is 0 Å². The standard InChI is InChI=1S/C19H24N2/c1-5-17(6-2)11-10-16(4)21-14-19(13-20-21)18-9-7-8-15(3)12-18/h5,7-10,12-14,17H,1,6,11H2,2-4H3/b16-10+. The number of aromatic nitrogens is 2. The maximum absolute atomic E-state index is 4.47. The molecule has 0 N–H and O–H groups in total. The van der Waals surface area contributed by atoms with Crippen molar-refractivity contribution in [1.82, 2.24) is 9.78 Å². The van der Waals surface area contributed by atoms with Gasteiger partial charge in [0.1, 0.15) is 0 Å². The molecule has 0 aliphatic carbocycles. The summed E-state index contributed by atoms with van der Waals surface area (Å²) < 4.78 is 1.95. The summed E-state index contributed by atoms with van der Waals surface area (Å²) in [5.74, 6) is 0.548. The number of hydrogen-bond acceptors (Lipinski definition) is 1. The number of hydrogen-bond donors (Lipinski definition) is 0. The van der Waals surface area contributed by atoms with Gasteiger partial charge in [-0.05, 0) is 38.2 Å². The quantitative estimate of drug-likeness (QED) is 0.655. The van der Waals surface area contributed by atoms with E-state index >= 15 is 0 Å². The molecule has 110 valence electrons. The first-order chi connectivity index (χ1) is 10.1. The van der Waals surface area contributed by atoms with Crippen LogP contribution in [0.4, 0.5) is 0 Å². The number of rotatable bonds is 6. The van der Waals surface area contributed by atoms with Gasteiger partial charge in [-0.2, -0.15) is 5.10 Å². The van der Waals surface area contributed by atoms with Gasteiger partial charge in [0, 0.05) is 17.5 Å². The van der Waals surface area contributed by atoms with Gasteiger partial charge in [0.25, 0.3) is 0 Å². The molecule has 0 bridgehead atoms. The summed E-state index contributed by atoms with van der Waals surface area (Å²) in [6, 6.07) is 8.50. The highest BCUT2D eigenvalue weighted by molar-refractivity contribution is 5.63. The average Bonchev–Trinajstić information content (AvgIpc) is 2.98. The van der Waals surface area contributed by atoms with Crippen LogP contribution in [0.5, 0.6) is 0 Å². The SMILES string of the molecule is C=CC(CC)C/C=C(\C)n1cc(-c2cccc(C)c2)cn1. The molecule has 2 heteroatoms. The summed E-state index contributed by atoms with van der Waals surface area (Å²) in [7, 11) is 0. The number of nitrogens with zero attached hydrogens (tertiary/aromatic N) is 2. The highest BCUT2D eigenvalue weighted by Crippen LogP contribution is 2.21. The Labute approximate surface area is 127 Å². The van der Waals surface area contributed by atoms with Gasteiger partial charge in [0.2, 0.25) is 0 Å². The first-order valence-electron chi connectivity index (χ1n) is 7.55. The van der Waals surface area contributed by atoms with Crippen molar-refractivity contribution in [3.63, 3.8) is 0 Å². The third kappa shape index (κ3) is 3.94. The maximum atomic E-state index is 4.47. The fourth-order valence-corrected chi connectivity index (χ4v) is 2.33. The highest BCUT2D eigenvalue weighted by Gasteiger charge is 2.04. The summed E-state index contributed by atoms with van der Waals surface area (Å²) in [5, 5.41) is 4.47. The van der Waals surface area contributed by atoms with Gasteiger partial charge in [0.05, 0.1) is 6.20 Å². The van der Waals surface area contributed by atoms with Crippen LogP contribution in [-0.2, 0) is 0 Å². The summed E-state index contributed by atoms with van der Waals surface area (Å²) in [6.07, 6.45) is 10.4. The van der Waals surface area contributed by atoms with Crippen LogP contribution < -0.4 is 0 Å². The van der Waals surface area contributed by atoms with Crippen LogP contribution >= 0.6 is 0 Å². The van der Waals surface area contributed by atoms with E-state index in [1.807, 2.05) is 17.0 Å². The van der Waals surface area contributed by atoms with E-state index in [2.05, 4.69) is 69.0 Å². The minimum atomic E-state index is 0.548. The zero-order chi connectivity index (χ0) is 15.2. The maximum Gasteiger partial charge on any atom is 0.0572 e. The molecule has 1 aromatic heterocycles. The second kappa shape index (κ2) is 7.07. The molecule has 2 nitrogen and oxygen atoms in total. The molecule has 0 radical (unpaired) electrons. The second-order valence-corrected chi connectivity index (χ2v) is 5.53. The molecule has 1 aromatic carbocycles. The molecule has 2 aromatic rings. The lowest BCUT2D eigenvalue weighted by Crippen LogP contribution is -1.96. The summed E-state index contributed by atoms with van der Waals surface area (Å²) in [6.45, 7) is 10.3. The molecule has 2 rings (SSSR count). The van der Waals surface area contributed by atoms with E-state index in [9.17, 15) is 0 Å². The summed E-state index contributed by atoms with van der Waals surface area (Å²) in [4.78, 5) is 0. The lowest BCUT2D eigenvalue weighted by Gasteiger charge is -2.07. The van der Waals surface area contributed by atoms with Crippen molar-refractivity contribution in [1.29, 1.82) is 0 Å². The molecule has 0 spiro atoms. The normalized spacial score (nSPS) is 13.2. The second-order valence-electron chi connectivity index (χ2n) is 5.53. The van der Waals surface area contributed by atoms with Crippen LogP contribution in [0.3, 0.4) is 0 Å². The Morgan fingerprint density at radius 2 is 2.19 bits per heavy atom. The minimum Gasteiger partial charge on any atom is -0.245 e. The van der Waals surface area contributed by atoms with Crippen molar-refractivity contribution in [3.8, 4) is 11.1 Å². The molecule has 0 fully saturated rings. The largest absolute Gasteiger partial charge is 0.245 e. The van der Waals surface area contributed by atoms with Gasteiger partial charge in [-0.25, -0.2) is 4.68 Å². The molecule has 0 amide bonds. The van der Waals surface area contributed by atoms with Crippen LogP contribution in [0.1, 0.15) is 32.3 Å². The van der Waals surface area contributed by atoms with E-state index in [4.69, 9.17) is 0 Å². The lowest BCUT2D eigenvalue weighted by atomic mass is 10.0. The van der Waals surface area contributed by atoms with E-state index in [1.165, 1.54) is 11.1 Å². The Hall–Kier alpha value is -2.09. The zero-order valence-corrected chi connectivity index (χ0v) is 13.2. The third-order valence-electron chi connectivity index (χ3n) is 3.87. The van der Waals surface area contributed by atoms with Crippen LogP contribution in [0.2, 0.25) is 0 Å². The van der Waals surface area contributed by atoms with E-state index in [0.717, 1.165) is 24.1 Å². The van der Waals surface area contributed by atoms with Crippen molar-refractivity contribution in [2.24, 2.45) is 5.92 Å². The topological polar surface area (TPSA) is 17.8 Å². The molecular formula is C19H24N2. The lowest BCUT2D eigenvalue weighted by molar-refractivity contribution is 0.638. The highest BCUT2D eigenvalue weighted by atomic mass is 15.3. The van der Waals surface area contributed by atoms with E-state index in [1.54, 1.807) is 0 Å². The van der Waals surface area contributed by atoms with Gasteiger partial charge in [0.15, 0.2) is 0 Å². The molecule has 1 atom stereocenters. The molecule has 0 saturated carbocycles. The van der Waals surface area contributed by atoms with Gasteiger partial charge in [-0.3, -0.25) is 0 Å². The average molecular weight is 280 g/mol. The van der Waals surface area contributed by atoms with Crippen LogP contribution in [0.25, 0.3) is 16.8 Å². The minimum absolute atomic E-state index is 0.548. The Morgan fingerprint density at radius 3 is 2.86 bits per heavy atom. The van der Waals surface area contributed by atoms with Crippen molar-refractivity contribution >= 4 is 5.70 Å². The van der Waals surface area contributed by atoms with Gasteiger partial charge >= 0.3 is 0 Å². The fraction of sp³-hybridized carbons (Fsp3) is 0.316. The predicted octanol–water partition coefficient (Wildman–Crippen LogP) is 5.32. The summed E-state index contributed by atoms with van der Waals surface area (Å²) >= 11 is 0. The molecule has 1 unspecified atom stereocenters. The van der Waals surface area contributed by atoms with Crippen LogP contribution in [0.15, 0.2) is 55.4 Å². The Bertz CT molecular complexity index is 635. The van der Waals surface area contributed by atoms with E-state index in [-0.39, 0.29) is 0 Å². The Morgan fingerprint density at radius 1 is 1.38 bits per heavy atom. The third-order valence-corrected chi connectivity index (χ3v) is 3.87. The predicted molar refractivity (Wildman–Crippen MR) is 90.9 cm³/mol. The van der Waals surface area contributed by atoms with Crippen LogP contribution in [0, 0.1) is 12.8 Å². The molecule has 0 aliphatic rings. The molecule has 21 heavy (non-hydrogen) atoms. The number of allylic oxidation sites excluding steroid dienone is 3. The van der Waals surface area contributed by atoms with Gasteiger partial charge in [-0.15, -0.1) is 6.58 Å². The van der Waals surface area contributed by atoms with Crippen molar-refractivity contribution in [2.45, 2.75) is 33.6 Å². The van der Waals surface area contributed by atoms with Gasteiger partial charge < -0.3 is 0 Å². The summed E-state index contributed by atoms with van der Waals surface area (Å²) in [5.41, 5.74) is 4.80. The van der Waals surface area contributed by atoms with Gasteiger partial charge in [-0.1, -0.05) is 48.9 Å². The molecule has 0 aliphatic heterocycles. The van der Waals surface area contributed by atoms with Crippen molar-refractivity contribution < 1.29 is 0 Å². The van der Waals surface area contributed by atoms with E-state index in [0.29, 0.717) is 5.92 Å². The fourth-order valence-electron chi connectivity index (χ4n) is 2.33. The number of aryl methyl sites for hydroxylation is 1.